The Hall–Kier alpha value is -1.64. The van der Waals surface area contributed by atoms with Crippen molar-refractivity contribution in [3.05, 3.63) is 30.5 Å². The van der Waals surface area contributed by atoms with Gasteiger partial charge in [0.15, 0.2) is 0 Å². The third-order valence-corrected chi connectivity index (χ3v) is 3.64. The number of rotatable bonds is 3. The van der Waals surface area contributed by atoms with Gasteiger partial charge in [-0.25, -0.2) is 0 Å². The highest BCUT2D eigenvalue weighted by Crippen LogP contribution is 2.29. The number of aromatic amines is 1. The van der Waals surface area contributed by atoms with Gasteiger partial charge in [0.25, 0.3) is 0 Å². The molecular weight excluding hydrogens is 278 g/mol. The number of para-hydroxylation sites is 1. The Bertz CT molecular complexity index is 612. The monoisotopic (exact) mass is 295 g/mol. The zero-order valence-electron chi connectivity index (χ0n) is 11.1. The van der Waals surface area contributed by atoms with Crippen molar-refractivity contribution in [3.63, 3.8) is 0 Å². The molecule has 5 unspecified atom stereocenters. The van der Waals surface area contributed by atoms with Gasteiger partial charge in [-0.1, -0.05) is 12.1 Å². The van der Waals surface area contributed by atoms with E-state index >= 15 is 0 Å². The zero-order valence-corrected chi connectivity index (χ0v) is 11.1. The summed E-state index contributed by atoms with van der Waals surface area (Å²) in [5, 5.41) is 39.3. The maximum Gasteiger partial charge on any atom is 0.229 e. The van der Waals surface area contributed by atoms with E-state index in [2.05, 4.69) is 4.98 Å². The molecule has 1 saturated heterocycles. The quantitative estimate of drug-likeness (QED) is 0.514. The first-order valence-electron chi connectivity index (χ1n) is 6.65. The molecule has 0 spiro atoms. The van der Waals surface area contributed by atoms with E-state index in [-0.39, 0.29) is 0 Å². The molecule has 7 nitrogen and oxygen atoms in total. The maximum atomic E-state index is 9.94. The largest absolute Gasteiger partial charge is 0.460 e. The summed E-state index contributed by atoms with van der Waals surface area (Å²) in [6, 6.07) is 7.42. The van der Waals surface area contributed by atoms with E-state index in [1.165, 1.54) is 0 Å². The predicted octanol–water partition coefficient (Wildman–Crippen LogP) is -0.653. The number of aromatic nitrogens is 1. The molecule has 0 bridgehead atoms. The fraction of sp³-hybridized carbons (Fsp3) is 0.429. The Balaban J connectivity index is 1.83. The van der Waals surface area contributed by atoms with E-state index in [1.807, 2.05) is 24.3 Å². The van der Waals surface area contributed by atoms with Crippen molar-refractivity contribution in [1.82, 2.24) is 4.98 Å². The summed E-state index contributed by atoms with van der Waals surface area (Å²) >= 11 is 0. The topological polar surface area (TPSA) is 115 Å². The molecule has 1 aliphatic heterocycles. The third-order valence-electron chi connectivity index (χ3n) is 3.64. The minimum Gasteiger partial charge on any atom is -0.460 e. The average molecular weight is 295 g/mol. The van der Waals surface area contributed by atoms with Crippen molar-refractivity contribution in [1.29, 1.82) is 0 Å². The van der Waals surface area contributed by atoms with Gasteiger partial charge in [-0.05, 0) is 12.1 Å². The summed E-state index contributed by atoms with van der Waals surface area (Å²) < 4.78 is 10.9. The van der Waals surface area contributed by atoms with Crippen molar-refractivity contribution < 1.29 is 29.9 Å². The van der Waals surface area contributed by atoms with Crippen LogP contribution in [0.15, 0.2) is 30.5 Å². The summed E-state index contributed by atoms with van der Waals surface area (Å²) in [6.45, 7) is -0.487. The Morgan fingerprint density at radius 2 is 1.86 bits per heavy atom. The van der Waals surface area contributed by atoms with Gasteiger partial charge in [-0.2, -0.15) is 0 Å². The molecule has 5 atom stereocenters. The number of hydrogen-bond donors (Lipinski definition) is 5. The van der Waals surface area contributed by atoms with Crippen LogP contribution in [0.5, 0.6) is 5.75 Å². The summed E-state index contributed by atoms with van der Waals surface area (Å²) in [7, 11) is 0. The van der Waals surface area contributed by atoms with Crippen LogP contribution in [0.4, 0.5) is 0 Å². The average Bonchev–Trinajstić information content (AvgIpc) is 2.91. The van der Waals surface area contributed by atoms with E-state index in [4.69, 9.17) is 14.6 Å². The maximum absolute atomic E-state index is 9.94. The molecule has 114 valence electrons. The van der Waals surface area contributed by atoms with Crippen LogP contribution in [0.3, 0.4) is 0 Å². The van der Waals surface area contributed by atoms with Crippen molar-refractivity contribution in [2.45, 2.75) is 30.7 Å². The van der Waals surface area contributed by atoms with Crippen LogP contribution in [0, 0.1) is 0 Å². The second-order valence-electron chi connectivity index (χ2n) is 5.01. The number of fused-ring (bicyclic) bond motifs is 1. The molecule has 3 rings (SSSR count). The highest BCUT2D eigenvalue weighted by atomic mass is 16.7. The molecule has 1 fully saturated rings. The first kappa shape index (κ1) is 14.3. The van der Waals surface area contributed by atoms with E-state index < -0.39 is 37.3 Å². The highest BCUT2D eigenvalue weighted by Gasteiger charge is 2.44. The molecule has 1 aromatic heterocycles. The van der Waals surface area contributed by atoms with E-state index in [0.29, 0.717) is 5.75 Å². The zero-order chi connectivity index (χ0) is 15.0. The smallest absolute Gasteiger partial charge is 0.229 e. The fourth-order valence-corrected chi connectivity index (χ4v) is 2.43. The number of aliphatic hydroxyl groups excluding tert-OH is 4. The van der Waals surface area contributed by atoms with Crippen LogP contribution in [0.2, 0.25) is 0 Å². The molecule has 0 saturated carbocycles. The van der Waals surface area contributed by atoms with Gasteiger partial charge >= 0.3 is 0 Å². The molecule has 1 aliphatic rings. The minimum absolute atomic E-state index is 0.454. The van der Waals surface area contributed by atoms with Crippen molar-refractivity contribution >= 4 is 10.9 Å². The molecule has 2 heterocycles. The van der Waals surface area contributed by atoms with Crippen LogP contribution >= 0.6 is 0 Å². The van der Waals surface area contributed by atoms with Crippen molar-refractivity contribution in [2.24, 2.45) is 0 Å². The number of ether oxygens (including phenoxy) is 2. The van der Waals surface area contributed by atoms with Gasteiger partial charge in [0, 0.05) is 17.1 Å². The first-order chi connectivity index (χ1) is 10.1. The fourth-order valence-electron chi connectivity index (χ4n) is 2.43. The molecular formula is C14H17NO6. The van der Waals surface area contributed by atoms with Crippen LogP contribution < -0.4 is 4.74 Å². The molecule has 2 aromatic rings. The van der Waals surface area contributed by atoms with Crippen molar-refractivity contribution in [2.75, 3.05) is 6.61 Å². The minimum atomic E-state index is -1.45. The van der Waals surface area contributed by atoms with Gasteiger partial charge in [-0.15, -0.1) is 0 Å². The second-order valence-corrected chi connectivity index (χ2v) is 5.01. The third kappa shape index (κ3) is 2.50. The summed E-state index contributed by atoms with van der Waals surface area (Å²) in [5.74, 6) is 0.454. The van der Waals surface area contributed by atoms with Gasteiger partial charge < -0.3 is 34.9 Å². The second kappa shape index (κ2) is 5.63. The van der Waals surface area contributed by atoms with Crippen LogP contribution in [-0.2, 0) is 4.74 Å². The number of H-pyrrole nitrogens is 1. The van der Waals surface area contributed by atoms with Gasteiger partial charge in [0.2, 0.25) is 6.29 Å². The Labute approximate surface area is 120 Å². The van der Waals surface area contributed by atoms with Crippen LogP contribution in [-0.4, -0.2) is 62.7 Å². The summed E-state index contributed by atoms with van der Waals surface area (Å²) in [6.07, 6.45) is -4.82. The van der Waals surface area contributed by atoms with E-state index in [0.717, 1.165) is 10.9 Å². The lowest BCUT2D eigenvalue weighted by Gasteiger charge is -2.39. The molecule has 0 aliphatic carbocycles. The SMILES string of the molecule is OCC1OC(Oc2c[nH]c3ccccc23)C(O)C(O)C1O. The number of nitrogens with one attached hydrogen (secondary N) is 1. The Morgan fingerprint density at radius 1 is 1.10 bits per heavy atom. The number of benzene rings is 1. The van der Waals surface area contributed by atoms with Gasteiger partial charge in [0.05, 0.1) is 6.61 Å². The molecule has 5 N–H and O–H groups in total. The molecule has 7 heteroatoms. The highest BCUT2D eigenvalue weighted by molar-refractivity contribution is 5.85. The lowest BCUT2D eigenvalue weighted by molar-refractivity contribution is -0.277. The molecule has 1 aromatic carbocycles. The molecule has 21 heavy (non-hydrogen) atoms. The van der Waals surface area contributed by atoms with Gasteiger partial charge in [-0.3, -0.25) is 0 Å². The van der Waals surface area contributed by atoms with Gasteiger partial charge in [0.1, 0.15) is 30.2 Å². The summed E-state index contributed by atoms with van der Waals surface area (Å²) in [4.78, 5) is 3.01. The molecule has 0 amide bonds. The van der Waals surface area contributed by atoms with E-state index in [9.17, 15) is 15.3 Å². The standard InChI is InChI=1S/C14H17NO6/c16-6-10-11(17)12(18)13(19)14(21-10)20-9-5-15-8-4-2-1-3-7(8)9/h1-5,10-19H,6H2. The summed E-state index contributed by atoms with van der Waals surface area (Å²) in [5.41, 5.74) is 0.858. The number of hydrogen-bond acceptors (Lipinski definition) is 6. The lowest BCUT2D eigenvalue weighted by Crippen LogP contribution is -2.60. The molecule has 0 radical (unpaired) electrons. The Kier molecular flexibility index (Phi) is 3.83. The van der Waals surface area contributed by atoms with Crippen molar-refractivity contribution in [3.8, 4) is 5.75 Å². The first-order valence-corrected chi connectivity index (χ1v) is 6.65. The Morgan fingerprint density at radius 3 is 2.62 bits per heavy atom. The predicted molar refractivity (Wildman–Crippen MR) is 72.7 cm³/mol. The normalized spacial score (nSPS) is 33.2. The number of aliphatic hydroxyl groups is 4. The lowest BCUT2D eigenvalue weighted by atomic mass is 9.99. The van der Waals surface area contributed by atoms with Crippen LogP contribution in [0.25, 0.3) is 10.9 Å². The van der Waals surface area contributed by atoms with Crippen LogP contribution in [0.1, 0.15) is 0 Å². The van der Waals surface area contributed by atoms with E-state index in [1.54, 1.807) is 6.20 Å².